The molecule has 2 N–H and O–H groups in total. The molecule has 0 atom stereocenters. The molecule has 2 rings (SSSR count). The van der Waals surface area contributed by atoms with Crippen molar-refractivity contribution in [1.82, 2.24) is 14.8 Å². The predicted octanol–water partition coefficient (Wildman–Crippen LogP) is 1.17. The van der Waals surface area contributed by atoms with Gasteiger partial charge in [0.05, 0.1) is 16.4 Å². The SMILES string of the molecule is Cc1cc(C(=O)Nc2ncnn2C)sc1C#CCCO. The normalized spacial score (nSPS) is 9.95. The van der Waals surface area contributed by atoms with Gasteiger partial charge in [0.15, 0.2) is 0 Å². The highest BCUT2D eigenvalue weighted by Gasteiger charge is 2.13. The predicted molar refractivity (Wildman–Crippen MR) is 76.6 cm³/mol. The molecule has 0 aliphatic carbocycles. The molecule has 1 amide bonds. The Morgan fingerprint density at radius 1 is 1.60 bits per heavy atom. The highest BCUT2D eigenvalue weighted by Crippen LogP contribution is 2.21. The fourth-order valence-electron chi connectivity index (χ4n) is 1.49. The van der Waals surface area contributed by atoms with Crippen molar-refractivity contribution in [1.29, 1.82) is 0 Å². The number of thiophene rings is 1. The Kier molecular flexibility index (Phi) is 4.50. The van der Waals surface area contributed by atoms with E-state index in [0.29, 0.717) is 17.2 Å². The first kappa shape index (κ1) is 14.2. The smallest absolute Gasteiger partial charge is 0.268 e. The molecule has 0 unspecified atom stereocenters. The molecule has 0 fully saturated rings. The molecule has 0 saturated heterocycles. The third kappa shape index (κ3) is 3.23. The largest absolute Gasteiger partial charge is 0.395 e. The van der Waals surface area contributed by atoms with Gasteiger partial charge in [0.2, 0.25) is 5.95 Å². The molecule has 7 heteroatoms. The third-order valence-corrected chi connectivity index (χ3v) is 3.67. The second kappa shape index (κ2) is 6.32. The lowest BCUT2D eigenvalue weighted by molar-refractivity contribution is 0.102. The molecule has 0 aliphatic heterocycles. The van der Waals surface area contributed by atoms with E-state index in [9.17, 15) is 4.79 Å². The number of hydrogen-bond donors (Lipinski definition) is 2. The minimum atomic E-state index is -0.232. The summed E-state index contributed by atoms with van der Waals surface area (Å²) in [6.07, 6.45) is 1.80. The standard InChI is InChI=1S/C13H14N4O2S/c1-9-7-11(20-10(9)5-3-4-6-18)12(19)16-13-14-8-15-17(13)2/h7-8,18H,4,6H2,1-2H3,(H,14,15,16,19). The molecule has 2 aromatic heterocycles. The first-order valence-electron chi connectivity index (χ1n) is 5.97. The average Bonchev–Trinajstić information content (AvgIpc) is 2.98. The number of nitrogens with zero attached hydrogens (tertiary/aromatic N) is 3. The van der Waals surface area contributed by atoms with Crippen molar-refractivity contribution in [2.24, 2.45) is 7.05 Å². The number of aliphatic hydroxyl groups is 1. The fourth-order valence-corrected chi connectivity index (χ4v) is 2.43. The van der Waals surface area contributed by atoms with Crippen LogP contribution in [-0.4, -0.2) is 32.4 Å². The lowest BCUT2D eigenvalue weighted by atomic mass is 10.2. The molecule has 0 saturated carbocycles. The highest BCUT2D eigenvalue weighted by molar-refractivity contribution is 7.14. The fraction of sp³-hybridized carbons (Fsp3) is 0.308. The summed E-state index contributed by atoms with van der Waals surface area (Å²) in [5.74, 6) is 5.97. The Labute approximate surface area is 120 Å². The molecule has 104 valence electrons. The molecule has 0 aliphatic rings. The lowest BCUT2D eigenvalue weighted by Gasteiger charge is -2.00. The summed E-state index contributed by atoms with van der Waals surface area (Å²) in [7, 11) is 1.70. The van der Waals surface area contributed by atoms with E-state index in [4.69, 9.17) is 5.11 Å². The maximum Gasteiger partial charge on any atom is 0.268 e. The van der Waals surface area contributed by atoms with E-state index in [1.165, 1.54) is 22.3 Å². The summed E-state index contributed by atoms with van der Waals surface area (Å²) in [5, 5.41) is 15.3. The minimum absolute atomic E-state index is 0.0386. The van der Waals surface area contributed by atoms with Crippen molar-refractivity contribution < 1.29 is 9.90 Å². The first-order chi connectivity index (χ1) is 9.61. The monoisotopic (exact) mass is 290 g/mol. The molecule has 0 bridgehead atoms. The Balaban J connectivity index is 2.14. The quantitative estimate of drug-likeness (QED) is 0.832. The van der Waals surface area contributed by atoms with Gasteiger partial charge in [-0.15, -0.1) is 11.3 Å². The van der Waals surface area contributed by atoms with E-state index in [1.807, 2.05) is 6.92 Å². The molecule has 0 radical (unpaired) electrons. The van der Waals surface area contributed by atoms with Crippen molar-refractivity contribution in [3.05, 3.63) is 27.7 Å². The molecule has 2 heterocycles. The van der Waals surface area contributed by atoms with E-state index in [1.54, 1.807) is 13.1 Å². The molecular weight excluding hydrogens is 276 g/mol. The Morgan fingerprint density at radius 3 is 3.05 bits per heavy atom. The average molecular weight is 290 g/mol. The van der Waals surface area contributed by atoms with Crippen LogP contribution in [0.5, 0.6) is 0 Å². The zero-order valence-electron chi connectivity index (χ0n) is 11.2. The van der Waals surface area contributed by atoms with Gasteiger partial charge in [-0.3, -0.25) is 10.1 Å². The second-order valence-electron chi connectivity index (χ2n) is 4.06. The van der Waals surface area contributed by atoms with Gasteiger partial charge in [-0.25, -0.2) is 4.68 Å². The van der Waals surface area contributed by atoms with Crippen LogP contribution in [0.25, 0.3) is 0 Å². The number of hydrogen-bond acceptors (Lipinski definition) is 5. The van der Waals surface area contributed by atoms with Gasteiger partial charge < -0.3 is 5.11 Å². The van der Waals surface area contributed by atoms with Crippen LogP contribution in [-0.2, 0) is 7.05 Å². The zero-order chi connectivity index (χ0) is 14.5. The Hall–Kier alpha value is -2.17. The number of aliphatic hydroxyl groups excluding tert-OH is 1. The van der Waals surface area contributed by atoms with Gasteiger partial charge in [0.25, 0.3) is 5.91 Å². The van der Waals surface area contributed by atoms with E-state index < -0.39 is 0 Å². The molecule has 0 aromatic carbocycles. The van der Waals surface area contributed by atoms with Crippen LogP contribution in [0.15, 0.2) is 12.4 Å². The van der Waals surface area contributed by atoms with Gasteiger partial charge in [-0.1, -0.05) is 11.8 Å². The lowest BCUT2D eigenvalue weighted by Crippen LogP contribution is -2.14. The van der Waals surface area contributed by atoms with Crippen LogP contribution >= 0.6 is 11.3 Å². The number of carbonyl (C=O) groups is 1. The van der Waals surface area contributed by atoms with Gasteiger partial charge in [0, 0.05) is 13.5 Å². The molecular formula is C13H14N4O2S. The number of aryl methyl sites for hydroxylation is 2. The highest BCUT2D eigenvalue weighted by atomic mass is 32.1. The van der Waals surface area contributed by atoms with Crippen LogP contribution in [0.4, 0.5) is 5.95 Å². The van der Waals surface area contributed by atoms with Crippen LogP contribution in [0.1, 0.15) is 26.5 Å². The van der Waals surface area contributed by atoms with Crippen molar-refractivity contribution >= 4 is 23.2 Å². The molecule has 0 spiro atoms. The summed E-state index contributed by atoms with van der Waals surface area (Å²) in [6.45, 7) is 1.94. The van der Waals surface area contributed by atoms with Crippen LogP contribution in [0.2, 0.25) is 0 Å². The Morgan fingerprint density at radius 2 is 2.40 bits per heavy atom. The van der Waals surface area contributed by atoms with Crippen LogP contribution in [0, 0.1) is 18.8 Å². The summed E-state index contributed by atoms with van der Waals surface area (Å²) in [6, 6.07) is 1.79. The Bertz CT molecular complexity index is 678. The summed E-state index contributed by atoms with van der Waals surface area (Å²) in [4.78, 5) is 17.4. The summed E-state index contributed by atoms with van der Waals surface area (Å²) >= 11 is 1.32. The number of aromatic nitrogens is 3. The van der Waals surface area contributed by atoms with Crippen molar-refractivity contribution in [2.45, 2.75) is 13.3 Å². The van der Waals surface area contributed by atoms with E-state index >= 15 is 0 Å². The zero-order valence-corrected chi connectivity index (χ0v) is 12.0. The first-order valence-corrected chi connectivity index (χ1v) is 6.79. The van der Waals surface area contributed by atoms with E-state index in [-0.39, 0.29) is 12.5 Å². The molecule has 2 aromatic rings. The van der Waals surface area contributed by atoms with Gasteiger partial charge in [-0.05, 0) is 18.6 Å². The van der Waals surface area contributed by atoms with Crippen LogP contribution in [0.3, 0.4) is 0 Å². The van der Waals surface area contributed by atoms with Crippen molar-refractivity contribution in [3.8, 4) is 11.8 Å². The topological polar surface area (TPSA) is 80.0 Å². The molecule has 20 heavy (non-hydrogen) atoms. The van der Waals surface area contributed by atoms with E-state index in [0.717, 1.165) is 10.4 Å². The van der Waals surface area contributed by atoms with Gasteiger partial charge in [0.1, 0.15) is 6.33 Å². The van der Waals surface area contributed by atoms with Crippen LogP contribution < -0.4 is 5.32 Å². The third-order valence-electron chi connectivity index (χ3n) is 2.52. The number of amides is 1. The van der Waals surface area contributed by atoms with Crippen molar-refractivity contribution in [2.75, 3.05) is 11.9 Å². The molecule has 6 nitrogen and oxygen atoms in total. The maximum atomic E-state index is 12.1. The van der Waals surface area contributed by atoms with Gasteiger partial charge >= 0.3 is 0 Å². The second-order valence-corrected chi connectivity index (χ2v) is 5.11. The number of rotatable bonds is 3. The maximum absolute atomic E-state index is 12.1. The summed E-state index contributed by atoms with van der Waals surface area (Å²) in [5.41, 5.74) is 0.948. The minimum Gasteiger partial charge on any atom is -0.395 e. The van der Waals surface area contributed by atoms with E-state index in [2.05, 4.69) is 27.2 Å². The van der Waals surface area contributed by atoms with Gasteiger partial charge in [-0.2, -0.15) is 10.1 Å². The number of anilines is 1. The van der Waals surface area contributed by atoms with Crippen molar-refractivity contribution in [3.63, 3.8) is 0 Å². The number of nitrogens with one attached hydrogen (secondary N) is 1. The number of carbonyl (C=O) groups excluding carboxylic acids is 1. The summed E-state index contributed by atoms with van der Waals surface area (Å²) < 4.78 is 1.49.